The molecule has 1 fully saturated rings. The van der Waals surface area contributed by atoms with Crippen molar-refractivity contribution < 1.29 is 28.6 Å². The van der Waals surface area contributed by atoms with Gasteiger partial charge < -0.3 is 30.3 Å². The van der Waals surface area contributed by atoms with E-state index >= 15 is 0 Å². The van der Waals surface area contributed by atoms with Crippen LogP contribution < -0.4 is 15.4 Å². The number of rotatable bonds is 7. The highest BCUT2D eigenvalue weighted by atomic mass is 19.1. The number of carbonyl (C=O) groups is 3. The van der Waals surface area contributed by atoms with Crippen molar-refractivity contribution in [3.05, 3.63) is 53.8 Å². The number of urea groups is 1. The van der Waals surface area contributed by atoms with Crippen LogP contribution >= 0.6 is 0 Å². The van der Waals surface area contributed by atoms with E-state index in [4.69, 9.17) is 4.74 Å². The van der Waals surface area contributed by atoms with Gasteiger partial charge in [0.15, 0.2) is 0 Å². The predicted molar refractivity (Wildman–Crippen MR) is 155 cm³/mol. The van der Waals surface area contributed by atoms with Crippen LogP contribution in [0.15, 0.2) is 42.5 Å². The van der Waals surface area contributed by atoms with E-state index in [0.717, 1.165) is 32.1 Å². The number of halogens is 1. The summed E-state index contributed by atoms with van der Waals surface area (Å²) in [6.45, 7) is 4.10. The molecule has 2 aromatic carbocycles. The first-order valence-corrected chi connectivity index (χ1v) is 14.4. The number of nitrogens with zero attached hydrogens (tertiary/aromatic N) is 2. The van der Waals surface area contributed by atoms with Gasteiger partial charge in [-0.2, -0.15) is 0 Å². The van der Waals surface area contributed by atoms with E-state index in [-0.39, 0.29) is 49.3 Å². The summed E-state index contributed by atoms with van der Waals surface area (Å²) in [6, 6.07) is 10.1. The number of anilines is 2. The summed E-state index contributed by atoms with van der Waals surface area (Å²) < 4.78 is 19.7. The Morgan fingerprint density at radius 1 is 1.10 bits per heavy atom. The molecule has 0 unspecified atom stereocenters. The molecule has 0 spiro atoms. The molecule has 1 heterocycles. The number of hydrogen-bond acceptors (Lipinski definition) is 5. The predicted octanol–water partition coefficient (Wildman–Crippen LogP) is 4.66. The van der Waals surface area contributed by atoms with Crippen LogP contribution in [0.5, 0.6) is 5.75 Å². The maximum atomic E-state index is 13.4. The van der Waals surface area contributed by atoms with Crippen molar-refractivity contribution in [1.82, 2.24) is 9.80 Å². The number of aliphatic hydroxyl groups is 1. The third kappa shape index (κ3) is 7.97. The Hall–Kier alpha value is -3.66. The van der Waals surface area contributed by atoms with Crippen molar-refractivity contribution >= 4 is 29.2 Å². The zero-order valence-corrected chi connectivity index (χ0v) is 24.1. The summed E-state index contributed by atoms with van der Waals surface area (Å²) in [4.78, 5) is 42.4. The highest BCUT2D eigenvalue weighted by Gasteiger charge is 2.32. The summed E-state index contributed by atoms with van der Waals surface area (Å²) in [6.07, 6.45) is 4.60. The van der Waals surface area contributed by atoms with Crippen LogP contribution in [0.2, 0.25) is 0 Å². The summed E-state index contributed by atoms with van der Waals surface area (Å²) in [5.41, 5.74) is 1.70. The van der Waals surface area contributed by atoms with Crippen molar-refractivity contribution in [2.75, 3.05) is 37.4 Å². The number of likely N-dealkylation sites (N-methyl/N-ethyl adjacent to an activating group) is 1. The minimum Gasteiger partial charge on any atom is -0.488 e. The van der Waals surface area contributed by atoms with Gasteiger partial charge in [0.05, 0.1) is 25.6 Å². The van der Waals surface area contributed by atoms with Crippen LogP contribution in [-0.2, 0) is 16.0 Å². The van der Waals surface area contributed by atoms with Crippen LogP contribution in [0, 0.1) is 17.7 Å². The Morgan fingerprint density at radius 2 is 1.78 bits per heavy atom. The van der Waals surface area contributed by atoms with E-state index in [2.05, 4.69) is 10.6 Å². The number of benzene rings is 2. The topological polar surface area (TPSA) is 111 Å². The van der Waals surface area contributed by atoms with Gasteiger partial charge in [0.25, 0.3) is 0 Å². The Labute approximate surface area is 241 Å². The number of amides is 4. The van der Waals surface area contributed by atoms with Gasteiger partial charge in [0.2, 0.25) is 11.8 Å². The smallest absolute Gasteiger partial charge is 0.321 e. The van der Waals surface area contributed by atoms with Gasteiger partial charge in [-0.15, -0.1) is 0 Å². The summed E-state index contributed by atoms with van der Waals surface area (Å²) in [5.74, 6) is -0.231. The van der Waals surface area contributed by atoms with Crippen molar-refractivity contribution in [3.8, 4) is 5.75 Å². The van der Waals surface area contributed by atoms with Crippen molar-refractivity contribution in [2.45, 2.75) is 64.5 Å². The Balaban J connectivity index is 1.55. The molecule has 41 heavy (non-hydrogen) atoms. The van der Waals surface area contributed by atoms with E-state index in [0.29, 0.717) is 29.2 Å². The van der Waals surface area contributed by atoms with Gasteiger partial charge >= 0.3 is 6.03 Å². The molecule has 9 nitrogen and oxygen atoms in total. The summed E-state index contributed by atoms with van der Waals surface area (Å²) >= 11 is 0. The molecule has 222 valence electrons. The Kier molecular flexibility index (Phi) is 10.2. The molecule has 1 aliphatic heterocycles. The quantitative estimate of drug-likeness (QED) is 0.450. The Bertz CT molecular complexity index is 1220. The van der Waals surface area contributed by atoms with Gasteiger partial charge in [-0.1, -0.05) is 26.2 Å². The minimum atomic E-state index is -0.486. The van der Waals surface area contributed by atoms with Gasteiger partial charge in [0.1, 0.15) is 17.7 Å². The Morgan fingerprint density at radius 3 is 2.46 bits per heavy atom. The number of fused-ring (bicyclic) bond motifs is 1. The second kappa shape index (κ2) is 13.8. The third-order valence-corrected chi connectivity index (χ3v) is 8.06. The molecule has 10 heteroatoms. The van der Waals surface area contributed by atoms with Crippen molar-refractivity contribution in [1.29, 1.82) is 0 Å². The highest BCUT2D eigenvalue weighted by molar-refractivity contribution is 5.93. The molecule has 3 N–H and O–H groups in total. The maximum absolute atomic E-state index is 13.4. The second-order valence-corrected chi connectivity index (χ2v) is 11.4. The SMILES string of the molecule is C[C@@H]1CN([C@H](C)CO)C(=O)Cc2cc(NC(=O)C3CCCCC3)ccc2O[C@@H]1CN(C)C(=O)Nc1ccc(F)cc1. The van der Waals surface area contributed by atoms with Crippen LogP contribution in [0.1, 0.15) is 51.5 Å². The molecule has 4 rings (SSSR count). The highest BCUT2D eigenvalue weighted by Crippen LogP contribution is 2.30. The number of hydrogen-bond donors (Lipinski definition) is 3. The maximum Gasteiger partial charge on any atom is 0.321 e. The minimum absolute atomic E-state index is 0.00391. The normalized spacial score (nSPS) is 20.5. The molecule has 0 aromatic heterocycles. The molecule has 0 bridgehead atoms. The number of carbonyl (C=O) groups excluding carboxylic acids is 3. The zero-order valence-electron chi connectivity index (χ0n) is 24.1. The fourth-order valence-corrected chi connectivity index (χ4v) is 5.44. The van der Waals surface area contributed by atoms with Crippen molar-refractivity contribution in [2.24, 2.45) is 11.8 Å². The number of nitrogens with one attached hydrogen (secondary N) is 2. The fourth-order valence-electron chi connectivity index (χ4n) is 5.44. The monoisotopic (exact) mass is 568 g/mol. The molecular formula is C31H41FN4O5. The summed E-state index contributed by atoms with van der Waals surface area (Å²) in [5, 5.41) is 15.6. The third-order valence-electron chi connectivity index (χ3n) is 8.06. The average molecular weight is 569 g/mol. The molecule has 2 aliphatic rings. The lowest BCUT2D eigenvalue weighted by Gasteiger charge is -2.34. The van der Waals surface area contributed by atoms with E-state index in [1.807, 2.05) is 6.92 Å². The number of ether oxygens (including phenoxy) is 1. The molecule has 2 aromatic rings. The van der Waals surface area contributed by atoms with Gasteiger partial charge in [-0.3, -0.25) is 9.59 Å². The molecule has 4 amide bonds. The lowest BCUT2D eigenvalue weighted by atomic mass is 9.88. The fraction of sp³-hybridized carbons (Fsp3) is 0.516. The van der Waals surface area contributed by atoms with Gasteiger partial charge in [-0.25, -0.2) is 9.18 Å². The van der Waals surface area contributed by atoms with E-state index in [1.165, 1.54) is 29.2 Å². The molecule has 1 aliphatic carbocycles. The van der Waals surface area contributed by atoms with Crippen LogP contribution in [-0.4, -0.2) is 71.6 Å². The first kappa shape index (κ1) is 30.3. The van der Waals surface area contributed by atoms with Crippen molar-refractivity contribution in [3.63, 3.8) is 0 Å². The van der Waals surface area contributed by atoms with E-state index in [9.17, 15) is 23.9 Å². The first-order valence-electron chi connectivity index (χ1n) is 14.4. The molecule has 1 saturated carbocycles. The standard InChI is InChI=1S/C31H41FN4O5/c1-20-17-36(21(2)19-37)29(38)16-23-15-26(33-30(39)22-7-5-4-6-8-22)13-14-27(23)41-28(20)18-35(3)31(40)34-25-11-9-24(32)10-12-25/h9-15,20-22,28,37H,4-8,16-19H2,1-3H3,(H,33,39)(H,34,40)/t20-,21-,28-/m1/s1. The molecule has 0 radical (unpaired) electrons. The lowest BCUT2D eigenvalue weighted by molar-refractivity contribution is -0.134. The van der Waals surface area contributed by atoms with Crippen LogP contribution in [0.4, 0.5) is 20.6 Å². The average Bonchev–Trinajstić information content (AvgIpc) is 3.01. The van der Waals surface area contributed by atoms with Crippen LogP contribution in [0.25, 0.3) is 0 Å². The second-order valence-electron chi connectivity index (χ2n) is 11.4. The molecule has 3 atom stereocenters. The van der Waals surface area contributed by atoms with E-state index in [1.54, 1.807) is 37.1 Å². The largest absolute Gasteiger partial charge is 0.488 e. The van der Waals surface area contributed by atoms with Gasteiger partial charge in [0, 0.05) is 42.4 Å². The first-order chi connectivity index (χ1) is 19.6. The summed E-state index contributed by atoms with van der Waals surface area (Å²) in [7, 11) is 1.64. The molecular weight excluding hydrogens is 527 g/mol. The number of aliphatic hydroxyl groups excluding tert-OH is 1. The van der Waals surface area contributed by atoms with E-state index < -0.39 is 18.0 Å². The lowest BCUT2D eigenvalue weighted by Crippen LogP contribution is -2.48. The zero-order chi connectivity index (χ0) is 29.5. The molecule has 0 saturated heterocycles. The van der Waals surface area contributed by atoms with Crippen LogP contribution in [0.3, 0.4) is 0 Å². The van der Waals surface area contributed by atoms with Gasteiger partial charge in [-0.05, 0) is 62.2 Å².